The van der Waals surface area contributed by atoms with Crippen LogP contribution in [0, 0.1) is 0 Å². The summed E-state index contributed by atoms with van der Waals surface area (Å²) < 4.78 is 0. The van der Waals surface area contributed by atoms with E-state index in [4.69, 9.17) is 0 Å². The summed E-state index contributed by atoms with van der Waals surface area (Å²) in [6.45, 7) is 7.07. The molecule has 1 nitrogen and oxygen atoms in total. The van der Waals surface area contributed by atoms with E-state index in [9.17, 15) is 5.11 Å². The average Bonchev–Trinajstić information content (AvgIpc) is 2.29. The number of benzene rings is 1. The van der Waals surface area contributed by atoms with Crippen LogP contribution in [0.5, 0.6) is 0 Å². The van der Waals surface area contributed by atoms with Gasteiger partial charge in [-0.1, -0.05) is 68.4 Å². The van der Waals surface area contributed by atoms with Crippen molar-refractivity contribution in [2.75, 3.05) is 0 Å². The first-order valence-corrected chi connectivity index (χ1v) is 10.3. The molecule has 0 radical (unpaired) electrons. The summed E-state index contributed by atoms with van der Waals surface area (Å²) in [5, 5.41) is 12.2. The van der Waals surface area contributed by atoms with E-state index >= 15 is 0 Å². The molecule has 2 heteroatoms. The third-order valence-corrected chi connectivity index (χ3v) is 5.99. The molecule has 94 valence electrons. The molecule has 1 aromatic carbocycles. The van der Waals surface area contributed by atoms with Crippen LogP contribution in [-0.2, 0) is 5.60 Å². The van der Waals surface area contributed by atoms with E-state index in [0.717, 1.165) is 31.2 Å². The molecule has 2 rings (SSSR count). The van der Waals surface area contributed by atoms with Gasteiger partial charge in [0.15, 0.2) is 0 Å². The van der Waals surface area contributed by atoms with Crippen LogP contribution >= 0.6 is 0 Å². The smallest absolute Gasteiger partial charge is 0.0896 e. The largest absolute Gasteiger partial charge is 0.385 e. The lowest BCUT2D eigenvalue weighted by Crippen LogP contribution is -2.39. The minimum Gasteiger partial charge on any atom is -0.385 e. The van der Waals surface area contributed by atoms with Gasteiger partial charge in [-0.05, 0) is 18.4 Å². The van der Waals surface area contributed by atoms with Crippen LogP contribution in [0.15, 0.2) is 24.3 Å². The average molecular weight is 248 g/mol. The highest BCUT2D eigenvalue weighted by atomic mass is 28.3. The van der Waals surface area contributed by atoms with Gasteiger partial charge in [0.2, 0.25) is 0 Å². The monoisotopic (exact) mass is 248 g/mol. The molecule has 0 atom stereocenters. The summed E-state index contributed by atoms with van der Waals surface area (Å²) in [5.74, 6) is 0. The number of aliphatic hydroxyl groups is 1. The summed E-state index contributed by atoms with van der Waals surface area (Å²) in [5.41, 5.74) is 0.602. The maximum atomic E-state index is 10.7. The molecule has 0 bridgehead atoms. The summed E-state index contributed by atoms with van der Waals surface area (Å²) in [6, 6.07) is 8.71. The third kappa shape index (κ3) is 2.80. The number of hydrogen-bond acceptors (Lipinski definition) is 1. The molecule has 1 aliphatic carbocycles. The molecule has 0 heterocycles. The quantitative estimate of drug-likeness (QED) is 0.796. The molecule has 0 aromatic heterocycles. The van der Waals surface area contributed by atoms with Crippen molar-refractivity contribution in [2.45, 2.75) is 57.3 Å². The van der Waals surface area contributed by atoms with Gasteiger partial charge in [-0.15, -0.1) is 0 Å². The van der Waals surface area contributed by atoms with Crippen molar-refractivity contribution in [3.8, 4) is 0 Å². The molecule has 0 amide bonds. The van der Waals surface area contributed by atoms with Gasteiger partial charge >= 0.3 is 0 Å². The fraction of sp³-hybridized carbons (Fsp3) is 0.600. The van der Waals surface area contributed by atoms with Gasteiger partial charge in [0.05, 0.1) is 13.7 Å². The summed E-state index contributed by atoms with van der Waals surface area (Å²) >= 11 is 0. The summed E-state index contributed by atoms with van der Waals surface area (Å²) in [4.78, 5) is 0. The van der Waals surface area contributed by atoms with Crippen molar-refractivity contribution in [1.82, 2.24) is 0 Å². The van der Waals surface area contributed by atoms with E-state index in [-0.39, 0.29) is 0 Å². The summed E-state index contributed by atoms with van der Waals surface area (Å²) in [6.07, 6.45) is 5.46. The van der Waals surface area contributed by atoms with Gasteiger partial charge < -0.3 is 5.11 Å². The SMILES string of the molecule is C[Si](C)(C)c1cccc(C2(O)CCCCC2)c1. The molecule has 0 saturated heterocycles. The highest BCUT2D eigenvalue weighted by Gasteiger charge is 2.31. The van der Waals surface area contributed by atoms with Crippen LogP contribution in [0.2, 0.25) is 19.6 Å². The van der Waals surface area contributed by atoms with Crippen molar-refractivity contribution < 1.29 is 5.11 Å². The van der Waals surface area contributed by atoms with Gasteiger partial charge in [0.1, 0.15) is 0 Å². The minimum atomic E-state index is -1.27. The molecule has 1 N–H and O–H groups in total. The first-order valence-electron chi connectivity index (χ1n) is 6.75. The van der Waals surface area contributed by atoms with Gasteiger partial charge in [0, 0.05) is 0 Å². The van der Waals surface area contributed by atoms with Crippen LogP contribution < -0.4 is 5.19 Å². The number of rotatable bonds is 2. The molecular weight excluding hydrogens is 224 g/mol. The van der Waals surface area contributed by atoms with Crippen LogP contribution in [-0.4, -0.2) is 13.2 Å². The Morgan fingerprint density at radius 2 is 1.71 bits per heavy atom. The highest BCUT2D eigenvalue weighted by Crippen LogP contribution is 2.36. The second kappa shape index (κ2) is 4.58. The van der Waals surface area contributed by atoms with E-state index in [1.807, 2.05) is 0 Å². The zero-order chi connectivity index (χ0) is 12.5. The number of hydrogen-bond donors (Lipinski definition) is 1. The molecule has 1 fully saturated rings. The molecule has 1 aliphatic rings. The molecule has 0 spiro atoms. The lowest BCUT2D eigenvalue weighted by atomic mass is 9.80. The maximum absolute atomic E-state index is 10.7. The minimum absolute atomic E-state index is 0.548. The molecule has 17 heavy (non-hydrogen) atoms. The first-order chi connectivity index (χ1) is 7.92. The highest BCUT2D eigenvalue weighted by molar-refractivity contribution is 6.88. The zero-order valence-electron chi connectivity index (χ0n) is 11.3. The molecule has 0 unspecified atom stereocenters. The molecule has 1 aromatic rings. The normalized spacial score (nSPS) is 20.2. The molecular formula is C15H24OSi. The van der Waals surface area contributed by atoms with E-state index in [0.29, 0.717) is 0 Å². The Balaban J connectivity index is 2.32. The van der Waals surface area contributed by atoms with Crippen molar-refractivity contribution in [3.05, 3.63) is 29.8 Å². The van der Waals surface area contributed by atoms with Crippen molar-refractivity contribution in [3.63, 3.8) is 0 Å². The van der Waals surface area contributed by atoms with E-state index < -0.39 is 13.7 Å². The Morgan fingerprint density at radius 3 is 2.29 bits per heavy atom. The predicted octanol–water partition coefficient (Wildman–Crippen LogP) is 3.38. The van der Waals surface area contributed by atoms with Crippen molar-refractivity contribution in [2.24, 2.45) is 0 Å². The van der Waals surface area contributed by atoms with Crippen LogP contribution in [0.1, 0.15) is 37.7 Å². The van der Waals surface area contributed by atoms with Crippen LogP contribution in [0.3, 0.4) is 0 Å². The first kappa shape index (κ1) is 12.8. The topological polar surface area (TPSA) is 20.2 Å². The Bertz CT molecular complexity index is 386. The second-order valence-corrected chi connectivity index (χ2v) is 11.5. The fourth-order valence-corrected chi connectivity index (χ4v) is 3.89. The Morgan fingerprint density at radius 1 is 1.06 bits per heavy atom. The van der Waals surface area contributed by atoms with Crippen LogP contribution in [0.4, 0.5) is 0 Å². The maximum Gasteiger partial charge on any atom is 0.0896 e. The zero-order valence-corrected chi connectivity index (χ0v) is 12.3. The second-order valence-electron chi connectivity index (χ2n) is 6.42. The van der Waals surface area contributed by atoms with Crippen molar-refractivity contribution in [1.29, 1.82) is 0 Å². The van der Waals surface area contributed by atoms with Crippen molar-refractivity contribution >= 4 is 13.3 Å². The third-order valence-electron chi connectivity index (χ3n) is 3.95. The van der Waals surface area contributed by atoms with Gasteiger partial charge in [-0.25, -0.2) is 0 Å². The lowest BCUT2D eigenvalue weighted by molar-refractivity contribution is -0.000557. The Labute approximate surface area is 106 Å². The van der Waals surface area contributed by atoms with Gasteiger partial charge in [-0.2, -0.15) is 0 Å². The Kier molecular flexibility index (Phi) is 3.46. The Hall–Kier alpha value is -0.603. The molecule has 0 aliphatic heterocycles. The fourth-order valence-electron chi connectivity index (χ4n) is 2.70. The van der Waals surface area contributed by atoms with Crippen LogP contribution in [0.25, 0.3) is 0 Å². The van der Waals surface area contributed by atoms with Gasteiger partial charge in [-0.3, -0.25) is 0 Å². The van der Waals surface area contributed by atoms with E-state index in [2.05, 4.69) is 43.9 Å². The van der Waals surface area contributed by atoms with Gasteiger partial charge in [0.25, 0.3) is 0 Å². The summed E-state index contributed by atoms with van der Waals surface area (Å²) in [7, 11) is -1.27. The molecule has 1 saturated carbocycles. The van der Waals surface area contributed by atoms with E-state index in [1.54, 1.807) is 0 Å². The van der Waals surface area contributed by atoms with E-state index in [1.165, 1.54) is 11.6 Å². The predicted molar refractivity (Wildman–Crippen MR) is 76.4 cm³/mol. The standard InChI is InChI=1S/C15H24OSi/c1-17(2,3)14-9-7-8-13(12-14)15(16)10-5-4-6-11-15/h7-9,12,16H,4-6,10-11H2,1-3H3. The lowest BCUT2D eigenvalue weighted by Gasteiger charge is -2.33.